The van der Waals surface area contributed by atoms with Crippen molar-refractivity contribution in [3.8, 4) is 22.6 Å². The summed E-state index contributed by atoms with van der Waals surface area (Å²) in [4.78, 5) is 44.8. The lowest BCUT2D eigenvalue weighted by atomic mass is 9.88. The van der Waals surface area contributed by atoms with E-state index in [1.807, 2.05) is 97.1 Å². The molecule has 0 saturated heterocycles. The van der Waals surface area contributed by atoms with Gasteiger partial charge in [0.2, 0.25) is 12.0 Å². The van der Waals surface area contributed by atoms with E-state index in [0.717, 1.165) is 38.9 Å². The summed E-state index contributed by atoms with van der Waals surface area (Å²) in [5.41, 5.74) is 7.78. The van der Waals surface area contributed by atoms with Crippen LogP contribution in [0.4, 0.5) is 5.69 Å². The maximum Gasteiger partial charge on any atom is 0.326 e. The van der Waals surface area contributed by atoms with Crippen molar-refractivity contribution in [3.05, 3.63) is 182 Å². The zero-order valence-electron chi connectivity index (χ0n) is 34.1. The summed E-state index contributed by atoms with van der Waals surface area (Å²) in [6, 6.07) is 39.7. The number of nitrogens with one attached hydrogen (secondary N) is 1. The van der Waals surface area contributed by atoms with Crippen molar-refractivity contribution in [1.29, 1.82) is 0 Å². The molecule has 2 N–H and O–H groups in total. The highest BCUT2D eigenvalue weighted by Crippen LogP contribution is 2.43. The number of anilines is 1. The molecule has 0 bridgehead atoms. The Kier molecular flexibility index (Phi) is 12.9. The molecule has 62 heavy (non-hydrogen) atoms. The van der Waals surface area contributed by atoms with Crippen LogP contribution in [-0.2, 0) is 40.4 Å². The molecular formula is C50H44Cl3N3O6. The molecule has 1 unspecified atom stereocenters. The van der Waals surface area contributed by atoms with Crippen LogP contribution in [0.5, 0.6) is 11.5 Å². The number of carboxylic acid groups (broad SMARTS) is 1. The first-order valence-electron chi connectivity index (χ1n) is 20.4. The normalized spacial score (nSPS) is 17.0. The molecule has 2 aliphatic rings. The lowest BCUT2D eigenvalue weighted by Crippen LogP contribution is -2.55. The number of benzene rings is 6. The Balaban J connectivity index is 1.02. The van der Waals surface area contributed by atoms with Gasteiger partial charge in [0.1, 0.15) is 24.1 Å². The van der Waals surface area contributed by atoms with Crippen molar-refractivity contribution in [2.24, 2.45) is 0 Å². The summed E-state index contributed by atoms with van der Waals surface area (Å²) in [6.45, 7) is 2.77. The lowest BCUT2D eigenvalue weighted by molar-refractivity contribution is -0.143. The van der Waals surface area contributed by atoms with E-state index >= 15 is 0 Å². The molecule has 0 spiro atoms. The molecule has 9 nitrogen and oxygen atoms in total. The highest BCUT2D eigenvalue weighted by molar-refractivity contribution is 6.42. The topological polar surface area (TPSA) is 108 Å². The fourth-order valence-corrected chi connectivity index (χ4v) is 8.73. The number of carboxylic acids is 1. The SMILES string of the molecule is CC[C@@H](c1ccccc1)N1Cc2cc3c(cc2CC1C(=O)N[C@@H](Cc1ccc(-c2ccc(Cl)cc2)cc1)C(=O)O)N(C)C(=O)[C@@H](c1ccc(OCc2ccc(Cl)c(Cl)c2)cc1)O3. The number of amides is 2. The molecule has 6 aromatic rings. The number of hydrogen-bond acceptors (Lipinski definition) is 6. The highest BCUT2D eigenvalue weighted by atomic mass is 35.5. The molecule has 0 saturated carbocycles. The molecule has 0 radical (unpaired) electrons. The van der Waals surface area contributed by atoms with E-state index in [1.165, 1.54) is 0 Å². The molecule has 0 fully saturated rings. The molecular weight excluding hydrogens is 845 g/mol. The molecule has 316 valence electrons. The summed E-state index contributed by atoms with van der Waals surface area (Å²) < 4.78 is 12.5. The van der Waals surface area contributed by atoms with Crippen molar-refractivity contribution >= 4 is 58.3 Å². The van der Waals surface area contributed by atoms with E-state index in [-0.39, 0.29) is 24.3 Å². The Labute approximate surface area is 375 Å². The Morgan fingerprint density at radius 2 is 1.50 bits per heavy atom. The zero-order valence-corrected chi connectivity index (χ0v) is 36.3. The number of ether oxygens (including phenoxy) is 2. The van der Waals surface area contributed by atoms with Gasteiger partial charge in [-0.25, -0.2) is 4.79 Å². The van der Waals surface area contributed by atoms with Gasteiger partial charge in [0.25, 0.3) is 5.91 Å². The quantitative estimate of drug-likeness (QED) is 0.119. The van der Waals surface area contributed by atoms with Crippen molar-refractivity contribution in [2.45, 2.75) is 63.6 Å². The van der Waals surface area contributed by atoms with Crippen LogP contribution in [0, 0.1) is 0 Å². The van der Waals surface area contributed by atoms with Crippen LogP contribution in [0.25, 0.3) is 11.1 Å². The number of fused-ring (bicyclic) bond motifs is 2. The first kappa shape index (κ1) is 42.8. The summed E-state index contributed by atoms with van der Waals surface area (Å²) in [6.07, 6.45) is 0.227. The molecule has 12 heteroatoms. The number of hydrogen-bond donors (Lipinski definition) is 2. The zero-order chi connectivity index (χ0) is 43.5. The Hall–Kier alpha value is -5.84. The minimum atomic E-state index is -1.16. The van der Waals surface area contributed by atoms with Gasteiger partial charge in [-0.05, 0) is 100 Å². The number of aliphatic carboxylic acids is 1. The van der Waals surface area contributed by atoms with Crippen LogP contribution < -0.4 is 19.7 Å². The second kappa shape index (κ2) is 18.6. The largest absolute Gasteiger partial charge is 0.489 e. The van der Waals surface area contributed by atoms with Crippen LogP contribution in [-0.4, -0.2) is 46.9 Å². The smallest absolute Gasteiger partial charge is 0.326 e. The number of carbonyl (C=O) groups is 3. The van der Waals surface area contributed by atoms with Crippen molar-refractivity contribution in [1.82, 2.24) is 10.2 Å². The number of likely N-dealkylation sites (N-methyl/N-ethyl adjacent to an activating group) is 1. The van der Waals surface area contributed by atoms with Gasteiger partial charge in [0.05, 0.1) is 21.8 Å². The van der Waals surface area contributed by atoms with Gasteiger partial charge in [0.15, 0.2) is 0 Å². The lowest BCUT2D eigenvalue weighted by Gasteiger charge is -2.42. The standard InChI is InChI=1S/C50H44Cl3N3O6/c1-3-43(34-7-5-4-6-8-34)56-28-37-27-46-44(55(2)49(58)47(62-46)35-16-20-39(21-17-35)61-29-31-11-22-40(52)41(53)23-31)25-36(37)26-45(56)48(57)54-42(50(59)60)24-30-9-12-32(13-10-30)33-14-18-38(51)19-15-33/h4-23,25,27,42-43,45,47H,3,24,26,28-29H2,1-2H3,(H,54,57)(H,59,60)/t42-,43-,45?,47+/m0/s1. The van der Waals surface area contributed by atoms with E-state index in [0.29, 0.717) is 63.8 Å². The Bertz CT molecular complexity index is 2590. The maximum atomic E-state index is 14.5. The number of carbonyl (C=O) groups excluding carboxylic acids is 2. The van der Waals surface area contributed by atoms with Gasteiger partial charge in [-0.1, -0.05) is 127 Å². The number of rotatable bonds is 13. The van der Waals surface area contributed by atoms with Gasteiger partial charge >= 0.3 is 5.97 Å². The molecule has 0 aliphatic carbocycles. The van der Waals surface area contributed by atoms with Crippen LogP contribution >= 0.6 is 34.8 Å². The van der Waals surface area contributed by atoms with E-state index in [9.17, 15) is 19.5 Å². The maximum absolute atomic E-state index is 14.5. The third-order valence-electron chi connectivity index (χ3n) is 11.6. The van der Waals surface area contributed by atoms with Crippen molar-refractivity contribution in [2.75, 3.05) is 11.9 Å². The fourth-order valence-electron chi connectivity index (χ4n) is 8.28. The Morgan fingerprint density at radius 1 is 0.823 bits per heavy atom. The minimum Gasteiger partial charge on any atom is -0.489 e. The third kappa shape index (κ3) is 9.32. The number of nitrogens with zero attached hydrogens (tertiary/aromatic N) is 2. The monoisotopic (exact) mass is 887 g/mol. The predicted octanol–water partition coefficient (Wildman–Crippen LogP) is 10.7. The average Bonchev–Trinajstić information content (AvgIpc) is 3.28. The third-order valence-corrected chi connectivity index (χ3v) is 12.6. The predicted molar refractivity (Wildman–Crippen MR) is 243 cm³/mol. The van der Waals surface area contributed by atoms with Crippen LogP contribution in [0.2, 0.25) is 15.1 Å². The van der Waals surface area contributed by atoms with E-state index in [4.69, 9.17) is 44.3 Å². The number of halogens is 3. The second-order valence-corrected chi connectivity index (χ2v) is 16.9. The van der Waals surface area contributed by atoms with Gasteiger partial charge in [-0.3, -0.25) is 14.5 Å². The van der Waals surface area contributed by atoms with Gasteiger partial charge in [-0.15, -0.1) is 0 Å². The van der Waals surface area contributed by atoms with Crippen LogP contribution in [0.3, 0.4) is 0 Å². The molecule has 2 aliphatic heterocycles. The second-order valence-electron chi connectivity index (χ2n) is 15.6. The highest BCUT2D eigenvalue weighted by Gasteiger charge is 2.40. The molecule has 0 aromatic heterocycles. The summed E-state index contributed by atoms with van der Waals surface area (Å²) in [5.74, 6) is -0.566. The Morgan fingerprint density at radius 3 is 2.16 bits per heavy atom. The van der Waals surface area contributed by atoms with Gasteiger partial charge in [-0.2, -0.15) is 0 Å². The van der Waals surface area contributed by atoms with Gasteiger partial charge in [0, 0.05) is 36.6 Å². The molecule has 2 heterocycles. The summed E-state index contributed by atoms with van der Waals surface area (Å²) in [5, 5.41) is 14.9. The first-order valence-corrected chi connectivity index (χ1v) is 21.5. The van der Waals surface area contributed by atoms with Crippen molar-refractivity contribution in [3.63, 3.8) is 0 Å². The van der Waals surface area contributed by atoms with Crippen LogP contribution in [0.1, 0.15) is 58.9 Å². The minimum absolute atomic E-state index is 0.106. The first-order chi connectivity index (χ1) is 29.9. The molecule has 6 aromatic carbocycles. The summed E-state index contributed by atoms with van der Waals surface area (Å²) in [7, 11) is 1.72. The van der Waals surface area contributed by atoms with Crippen LogP contribution in [0.15, 0.2) is 133 Å². The fraction of sp³-hybridized carbons (Fsp3) is 0.220. The van der Waals surface area contributed by atoms with E-state index in [2.05, 4.69) is 29.3 Å². The van der Waals surface area contributed by atoms with E-state index < -0.39 is 24.2 Å². The average molecular weight is 889 g/mol. The van der Waals surface area contributed by atoms with Crippen molar-refractivity contribution < 1.29 is 29.0 Å². The van der Waals surface area contributed by atoms with Gasteiger partial charge < -0.3 is 24.8 Å². The summed E-state index contributed by atoms with van der Waals surface area (Å²) >= 11 is 18.3. The molecule has 4 atom stereocenters. The molecule has 8 rings (SSSR count). The van der Waals surface area contributed by atoms with E-state index in [1.54, 1.807) is 36.2 Å². The molecule has 2 amide bonds.